The predicted octanol–water partition coefficient (Wildman–Crippen LogP) is 5.08. The van der Waals surface area contributed by atoms with Crippen LogP contribution in [0.2, 0.25) is 0 Å². The second-order valence-electron chi connectivity index (χ2n) is 8.22. The second kappa shape index (κ2) is 8.02. The summed E-state index contributed by atoms with van der Waals surface area (Å²) in [5, 5.41) is 0. The van der Waals surface area contributed by atoms with Gasteiger partial charge in [-0.05, 0) is 55.7 Å². The van der Waals surface area contributed by atoms with Crippen LogP contribution < -0.4 is 9.47 Å². The average Bonchev–Trinajstić information content (AvgIpc) is 3.10. The second-order valence-corrected chi connectivity index (χ2v) is 9.61. The number of aryl methyl sites for hydroxylation is 3. The summed E-state index contributed by atoms with van der Waals surface area (Å²) in [6, 6.07) is 15.2. The van der Waals surface area contributed by atoms with Crippen molar-refractivity contribution in [1.29, 1.82) is 0 Å². The van der Waals surface area contributed by atoms with Crippen LogP contribution in [-0.4, -0.2) is 26.2 Å². The zero-order chi connectivity index (χ0) is 22.3. The number of ether oxygens (including phenoxy) is 2. The van der Waals surface area contributed by atoms with Crippen LogP contribution in [0.4, 0.5) is 0 Å². The standard InChI is InChI=1S/C25H26O5S/c1-15-6-8-24(31(26,27)28)18(9-15)11-21-13-19-12-20(29-4)14-23(25(19)30-21)22-10-16(2)5-7-17(22)3/h5-10,12,14,21H,11,13H2,1-4H3,(H,26,27,28). The molecule has 3 aromatic rings. The highest BCUT2D eigenvalue weighted by Crippen LogP contribution is 2.43. The van der Waals surface area contributed by atoms with E-state index in [0.717, 1.165) is 44.9 Å². The minimum Gasteiger partial charge on any atom is -0.497 e. The maximum absolute atomic E-state index is 11.8. The summed E-state index contributed by atoms with van der Waals surface area (Å²) in [6.45, 7) is 6.02. The highest BCUT2D eigenvalue weighted by Gasteiger charge is 2.29. The van der Waals surface area contributed by atoms with Gasteiger partial charge in [-0.25, -0.2) is 0 Å². The molecule has 3 aromatic carbocycles. The first-order chi connectivity index (χ1) is 14.7. The number of fused-ring (bicyclic) bond motifs is 1. The molecule has 0 aromatic heterocycles. The monoisotopic (exact) mass is 438 g/mol. The van der Waals surface area contributed by atoms with E-state index in [4.69, 9.17) is 9.47 Å². The van der Waals surface area contributed by atoms with Crippen molar-refractivity contribution in [3.05, 3.63) is 76.3 Å². The fourth-order valence-electron chi connectivity index (χ4n) is 4.23. The number of rotatable bonds is 5. The van der Waals surface area contributed by atoms with Gasteiger partial charge in [0.25, 0.3) is 10.1 Å². The van der Waals surface area contributed by atoms with E-state index in [2.05, 4.69) is 32.0 Å². The number of hydrogen-bond acceptors (Lipinski definition) is 4. The molecule has 1 heterocycles. The smallest absolute Gasteiger partial charge is 0.294 e. The molecule has 0 amide bonds. The molecule has 0 aliphatic carbocycles. The molecular weight excluding hydrogens is 412 g/mol. The Kier molecular flexibility index (Phi) is 5.54. The van der Waals surface area contributed by atoms with E-state index in [1.807, 2.05) is 19.1 Å². The lowest BCUT2D eigenvalue weighted by Gasteiger charge is -2.16. The molecule has 0 fully saturated rings. The van der Waals surface area contributed by atoms with Gasteiger partial charge in [0.2, 0.25) is 0 Å². The third-order valence-electron chi connectivity index (χ3n) is 5.73. The molecule has 0 bridgehead atoms. The van der Waals surface area contributed by atoms with E-state index in [1.54, 1.807) is 19.2 Å². The normalized spacial score (nSPS) is 15.5. The third-order valence-corrected chi connectivity index (χ3v) is 6.69. The van der Waals surface area contributed by atoms with E-state index < -0.39 is 10.1 Å². The van der Waals surface area contributed by atoms with Crippen molar-refractivity contribution in [2.45, 2.75) is 44.6 Å². The Hall–Kier alpha value is -2.83. The van der Waals surface area contributed by atoms with Crippen molar-refractivity contribution in [2.75, 3.05) is 7.11 Å². The van der Waals surface area contributed by atoms with Crippen molar-refractivity contribution in [1.82, 2.24) is 0 Å². The Balaban J connectivity index is 1.74. The summed E-state index contributed by atoms with van der Waals surface area (Å²) < 4.78 is 45.2. The minimum absolute atomic E-state index is 0.0648. The molecule has 6 heteroatoms. The molecule has 0 spiro atoms. The molecule has 162 valence electrons. The fourth-order valence-corrected chi connectivity index (χ4v) is 4.94. The SMILES string of the molecule is COc1cc2c(c(-c3cc(C)ccc3C)c1)OC(Cc1cc(C)ccc1S(=O)(=O)O)C2. The van der Waals surface area contributed by atoms with Crippen molar-refractivity contribution < 1.29 is 22.4 Å². The average molecular weight is 439 g/mol. The first kappa shape index (κ1) is 21.4. The van der Waals surface area contributed by atoms with Gasteiger partial charge in [0.05, 0.1) is 12.0 Å². The zero-order valence-electron chi connectivity index (χ0n) is 18.1. The topological polar surface area (TPSA) is 72.8 Å². The summed E-state index contributed by atoms with van der Waals surface area (Å²) >= 11 is 0. The zero-order valence-corrected chi connectivity index (χ0v) is 18.9. The molecule has 1 atom stereocenters. The molecule has 0 saturated carbocycles. The summed E-state index contributed by atoms with van der Waals surface area (Å²) in [6.07, 6.45) is 0.761. The van der Waals surface area contributed by atoms with Gasteiger partial charge in [0, 0.05) is 24.0 Å². The molecule has 1 aliphatic heterocycles. The predicted molar refractivity (Wildman–Crippen MR) is 121 cm³/mol. The van der Waals surface area contributed by atoms with Crippen LogP contribution in [0.1, 0.15) is 27.8 Å². The summed E-state index contributed by atoms with van der Waals surface area (Å²) in [5.41, 5.74) is 6.87. The van der Waals surface area contributed by atoms with Crippen LogP contribution in [0.3, 0.4) is 0 Å². The van der Waals surface area contributed by atoms with E-state index in [9.17, 15) is 13.0 Å². The van der Waals surface area contributed by atoms with Gasteiger partial charge in [0.1, 0.15) is 17.6 Å². The largest absolute Gasteiger partial charge is 0.497 e. The molecule has 1 N–H and O–H groups in total. The first-order valence-corrected chi connectivity index (χ1v) is 11.6. The lowest BCUT2D eigenvalue weighted by molar-refractivity contribution is 0.233. The van der Waals surface area contributed by atoms with E-state index in [0.29, 0.717) is 18.4 Å². The molecule has 31 heavy (non-hydrogen) atoms. The Bertz CT molecular complexity index is 1260. The molecular formula is C25H26O5S. The molecule has 1 unspecified atom stereocenters. The number of methoxy groups -OCH3 is 1. The fraction of sp³-hybridized carbons (Fsp3) is 0.280. The lowest BCUT2D eigenvalue weighted by atomic mass is 9.95. The molecule has 0 radical (unpaired) electrons. The molecule has 1 aliphatic rings. The maximum Gasteiger partial charge on any atom is 0.294 e. The minimum atomic E-state index is -4.31. The molecule has 0 saturated heterocycles. The van der Waals surface area contributed by atoms with E-state index >= 15 is 0 Å². The van der Waals surface area contributed by atoms with Crippen molar-refractivity contribution in [2.24, 2.45) is 0 Å². The quantitative estimate of drug-likeness (QED) is 0.563. The maximum atomic E-state index is 11.8. The van der Waals surface area contributed by atoms with Crippen LogP contribution in [0.15, 0.2) is 53.4 Å². The van der Waals surface area contributed by atoms with Gasteiger partial charge >= 0.3 is 0 Å². The highest BCUT2D eigenvalue weighted by molar-refractivity contribution is 7.85. The van der Waals surface area contributed by atoms with Crippen molar-refractivity contribution >= 4 is 10.1 Å². The number of benzene rings is 3. The van der Waals surface area contributed by atoms with E-state index in [1.165, 1.54) is 6.07 Å². The van der Waals surface area contributed by atoms with Crippen molar-refractivity contribution in [3.8, 4) is 22.6 Å². The first-order valence-electron chi connectivity index (χ1n) is 10.2. The molecule has 5 nitrogen and oxygen atoms in total. The van der Waals surface area contributed by atoms with Crippen molar-refractivity contribution in [3.63, 3.8) is 0 Å². The Labute approximate surface area is 183 Å². The van der Waals surface area contributed by atoms with Gasteiger partial charge in [0.15, 0.2) is 0 Å². The van der Waals surface area contributed by atoms with Crippen LogP contribution >= 0.6 is 0 Å². The van der Waals surface area contributed by atoms with Gasteiger partial charge in [-0.2, -0.15) is 8.42 Å². The van der Waals surface area contributed by atoms with Crippen LogP contribution in [0.5, 0.6) is 11.5 Å². The Morgan fingerprint density at radius 3 is 2.42 bits per heavy atom. The summed E-state index contributed by atoms with van der Waals surface area (Å²) in [4.78, 5) is -0.0648. The third kappa shape index (κ3) is 4.31. The summed E-state index contributed by atoms with van der Waals surface area (Å²) in [7, 11) is -2.66. The molecule has 4 rings (SSSR count). The van der Waals surface area contributed by atoms with Gasteiger partial charge in [-0.15, -0.1) is 0 Å². The Morgan fingerprint density at radius 2 is 1.71 bits per heavy atom. The Morgan fingerprint density at radius 1 is 1.00 bits per heavy atom. The van der Waals surface area contributed by atoms with E-state index in [-0.39, 0.29) is 11.0 Å². The van der Waals surface area contributed by atoms with Crippen LogP contribution in [0, 0.1) is 20.8 Å². The van der Waals surface area contributed by atoms with Gasteiger partial charge < -0.3 is 9.47 Å². The van der Waals surface area contributed by atoms with Gasteiger partial charge in [-0.1, -0.05) is 41.5 Å². The lowest BCUT2D eigenvalue weighted by Crippen LogP contribution is -2.18. The summed E-state index contributed by atoms with van der Waals surface area (Å²) in [5.74, 6) is 1.56. The number of hydrogen-bond donors (Lipinski definition) is 1. The van der Waals surface area contributed by atoms with Crippen LogP contribution in [-0.2, 0) is 23.0 Å². The van der Waals surface area contributed by atoms with Crippen LogP contribution in [0.25, 0.3) is 11.1 Å². The highest BCUT2D eigenvalue weighted by atomic mass is 32.2. The van der Waals surface area contributed by atoms with Gasteiger partial charge in [-0.3, -0.25) is 4.55 Å².